The first-order valence-electron chi connectivity index (χ1n) is 6.34. The molecule has 6 heteroatoms. The maximum absolute atomic E-state index is 13.5. The average molecular weight is 284 g/mol. The Hall–Kier alpha value is -2.81. The van der Waals surface area contributed by atoms with Gasteiger partial charge in [-0.1, -0.05) is 6.07 Å². The van der Waals surface area contributed by atoms with Gasteiger partial charge in [0.05, 0.1) is 23.5 Å². The summed E-state index contributed by atoms with van der Waals surface area (Å²) >= 11 is 0. The normalized spacial score (nSPS) is 10.7. The highest BCUT2D eigenvalue weighted by atomic mass is 19.2. The van der Waals surface area contributed by atoms with E-state index >= 15 is 0 Å². The topological polar surface area (TPSA) is 54.5 Å². The van der Waals surface area contributed by atoms with Gasteiger partial charge in [-0.25, -0.2) is 13.8 Å². The second kappa shape index (κ2) is 5.29. The Balaban J connectivity index is 2.25. The first-order chi connectivity index (χ1) is 10.2. The van der Waals surface area contributed by atoms with E-state index in [1.807, 2.05) is 6.07 Å². The van der Waals surface area contributed by atoms with Crippen LogP contribution in [0.3, 0.4) is 0 Å². The number of fused-ring (bicyclic) bond motifs is 1. The maximum Gasteiger partial charge on any atom is 0.161 e. The van der Waals surface area contributed by atoms with Crippen molar-refractivity contribution in [3.05, 3.63) is 48.2 Å². The Morgan fingerprint density at radius 3 is 2.71 bits per heavy atom. The molecule has 0 radical (unpaired) electrons. The van der Waals surface area contributed by atoms with Gasteiger partial charge in [0.2, 0.25) is 0 Å². The first-order valence-corrected chi connectivity index (χ1v) is 6.34. The van der Waals surface area contributed by atoms with Gasteiger partial charge in [-0.3, -0.25) is 4.98 Å². The van der Waals surface area contributed by atoms with Crippen molar-refractivity contribution in [2.45, 2.75) is 13.0 Å². The van der Waals surface area contributed by atoms with Crippen LogP contribution >= 0.6 is 0 Å². The van der Waals surface area contributed by atoms with E-state index in [2.05, 4.69) is 9.97 Å². The molecule has 0 N–H and O–H groups in total. The zero-order chi connectivity index (χ0) is 14.8. The van der Waals surface area contributed by atoms with E-state index in [1.54, 1.807) is 29.0 Å². The number of nitrogens with zero attached hydrogens (tertiary/aromatic N) is 4. The van der Waals surface area contributed by atoms with Gasteiger partial charge in [-0.05, 0) is 12.1 Å². The van der Waals surface area contributed by atoms with Crippen LogP contribution < -0.4 is 0 Å². The molecule has 3 rings (SSSR count). The highest BCUT2D eigenvalue weighted by Crippen LogP contribution is 2.25. The van der Waals surface area contributed by atoms with Gasteiger partial charge in [0, 0.05) is 24.9 Å². The lowest BCUT2D eigenvalue weighted by Crippen LogP contribution is -2.01. The zero-order valence-corrected chi connectivity index (χ0v) is 10.9. The van der Waals surface area contributed by atoms with E-state index in [-0.39, 0.29) is 6.42 Å². The molecule has 0 saturated carbocycles. The van der Waals surface area contributed by atoms with Crippen LogP contribution in [0, 0.1) is 23.0 Å². The standard InChI is InChI=1S/C15H10F2N4/c16-10-8-13-14(9-11(10)17)21(7-3-5-18)15(20-13)12-4-1-2-6-19-12/h1-2,4,6,8-9H,3,7H2. The highest BCUT2D eigenvalue weighted by Gasteiger charge is 2.16. The van der Waals surface area contributed by atoms with Crippen LogP contribution in [0.1, 0.15) is 6.42 Å². The second-order valence-corrected chi connectivity index (χ2v) is 4.47. The van der Waals surface area contributed by atoms with Gasteiger partial charge in [-0.2, -0.15) is 5.26 Å². The van der Waals surface area contributed by atoms with Crippen molar-refractivity contribution in [3.8, 4) is 17.6 Å². The number of rotatable bonds is 3. The van der Waals surface area contributed by atoms with Crippen molar-refractivity contribution in [2.24, 2.45) is 0 Å². The number of hydrogen-bond acceptors (Lipinski definition) is 3. The molecule has 1 aromatic carbocycles. The molecule has 0 spiro atoms. The summed E-state index contributed by atoms with van der Waals surface area (Å²) in [4.78, 5) is 8.53. The summed E-state index contributed by atoms with van der Waals surface area (Å²) in [7, 11) is 0. The molecule has 0 atom stereocenters. The Morgan fingerprint density at radius 2 is 2.00 bits per heavy atom. The number of halogens is 2. The predicted molar refractivity (Wildman–Crippen MR) is 73.1 cm³/mol. The lowest BCUT2D eigenvalue weighted by Gasteiger charge is -2.06. The molecule has 2 aromatic heterocycles. The van der Waals surface area contributed by atoms with Crippen molar-refractivity contribution in [3.63, 3.8) is 0 Å². The Morgan fingerprint density at radius 1 is 1.19 bits per heavy atom. The van der Waals surface area contributed by atoms with E-state index in [1.165, 1.54) is 0 Å². The Labute approximate surface area is 119 Å². The summed E-state index contributed by atoms with van der Waals surface area (Å²) in [6.45, 7) is 0.337. The fourth-order valence-corrected chi connectivity index (χ4v) is 2.20. The third-order valence-corrected chi connectivity index (χ3v) is 3.13. The number of aromatic nitrogens is 3. The monoisotopic (exact) mass is 284 g/mol. The minimum atomic E-state index is -0.944. The van der Waals surface area contributed by atoms with E-state index in [9.17, 15) is 8.78 Å². The lowest BCUT2D eigenvalue weighted by molar-refractivity contribution is 0.510. The van der Waals surface area contributed by atoms with Crippen LogP contribution in [0.4, 0.5) is 8.78 Å². The third-order valence-electron chi connectivity index (χ3n) is 3.13. The maximum atomic E-state index is 13.5. The minimum absolute atomic E-state index is 0.240. The smallest absolute Gasteiger partial charge is 0.161 e. The van der Waals surface area contributed by atoms with Crippen molar-refractivity contribution in [1.82, 2.24) is 14.5 Å². The van der Waals surface area contributed by atoms with Gasteiger partial charge >= 0.3 is 0 Å². The molecule has 104 valence electrons. The summed E-state index contributed by atoms with van der Waals surface area (Å²) in [6, 6.07) is 9.53. The number of hydrogen-bond donors (Lipinski definition) is 0. The summed E-state index contributed by atoms with van der Waals surface area (Å²) < 4.78 is 28.5. The molecule has 0 amide bonds. The summed E-state index contributed by atoms with van der Waals surface area (Å²) in [5, 5.41) is 8.76. The molecule has 0 aliphatic carbocycles. The molecule has 0 aliphatic heterocycles. The van der Waals surface area contributed by atoms with Gasteiger partial charge in [-0.15, -0.1) is 0 Å². The number of aryl methyl sites for hydroxylation is 1. The summed E-state index contributed by atoms with van der Waals surface area (Å²) in [5.74, 6) is -1.39. The molecular formula is C15H10F2N4. The molecule has 4 nitrogen and oxygen atoms in total. The molecule has 0 aliphatic rings. The lowest BCUT2D eigenvalue weighted by atomic mass is 10.3. The van der Waals surface area contributed by atoms with Crippen LogP contribution in [-0.2, 0) is 6.54 Å². The van der Waals surface area contributed by atoms with E-state index < -0.39 is 11.6 Å². The van der Waals surface area contributed by atoms with Gasteiger partial charge in [0.25, 0.3) is 0 Å². The number of imidazole rings is 1. The van der Waals surface area contributed by atoms with Crippen molar-refractivity contribution in [2.75, 3.05) is 0 Å². The van der Waals surface area contributed by atoms with Crippen LogP contribution in [0.2, 0.25) is 0 Å². The zero-order valence-electron chi connectivity index (χ0n) is 10.9. The van der Waals surface area contributed by atoms with Crippen LogP contribution in [-0.4, -0.2) is 14.5 Å². The number of nitriles is 1. The van der Waals surface area contributed by atoms with E-state index in [4.69, 9.17) is 5.26 Å². The van der Waals surface area contributed by atoms with Crippen molar-refractivity contribution >= 4 is 11.0 Å². The van der Waals surface area contributed by atoms with Gasteiger partial charge in [0.1, 0.15) is 5.69 Å². The molecule has 21 heavy (non-hydrogen) atoms. The second-order valence-electron chi connectivity index (χ2n) is 4.47. The van der Waals surface area contributed by atoms with E-state index in [0.717, 1.165) is 12.1 Å². The van der Waals surface area contributed by atoms with Crippen LogP contribution in [0.25, 0.3) is 22.6 Å². The van der Waals surface area contributed by atoms with Gasteiger partial charge < -0.3 is 4.57 Å². The van der Waals surface area contributed by atoms with E-state index in [0.29, 0.717) is 29.1 Å². The molecular weight excluding hydrogens is 274 g/mol. The minimum Gasteiger partial charge on any atom is -0.322 e. The molecule has 3 aromatic rings. The van der Waals surface area contributed by atoms with Crippen LogP contribution in [0.15, 0.2) is 36.5 Å². The van der Waals surface area contributed by atoms with Gasteiger partial charge in [0.15, 0.2) is 17.5 Å². The summed E-state index contributed by atoms with van der Waals surface area (Å²) in [5.41, 5.74) is 1.38. The summed E-state index contributed by atoms with van der Waals surface area (Å²) in [6.07, 6.45) is 1.86. The fourth-order valence-electron chi connectivity index (χ4n) is 2.20. The fraction of sp³-hybridized carbons (Fsp3) is 0.133. The highest BCUT2D eigenvalue weighted by molar-refractivity contribution is 5.80. The number of benzene rings is 1. The molecule has 0 unspecified atom stereocenters. The SMILES string of the molecule is N#CCCn1c(-c2ccccn2)nc2cc(F)c(F)cc21. The number of pyridine rings is 1. The quantitative estimate of drug-likeness (QED) is 0.741. The predicted octanol–water partition coefficient (Wildman–Crippen LogP) is 3.29. The van der Waals surface area contributed by atoms with Crippen molar-refractivity contribution < 1.29 is 8.78 Å². The molecule has 2 heterocycles. The average Bonchev–Trinajstić information content (AvgIpc) is 2.84. The molecule has 0 bridgehead atoms. The Kier molecular flexibility index (Phi) is 3.32. The molecule has 0 saturated heterocycles. The third kappa shape index (κ3) is 2.34. The Bertz CT molecular complexity index is 834. The first kappa shape index (κ1) is 13.2. The van der Waals surface area contributed by atoms with Crippen molar-refractivity contribution in [1.29, 1.82) is 5.26 Å². The largest absolute Gasteiger partial charge is 0.322 e. The molecule has 0 fully saturated rings. The van der Waals surface area contributed by atoms with Crippen LogP contribution in [0.5, 0.6) is 0 Å².